The van der Waals surface area contributed by atoms with E-state index in [1.807, 2.05) is 5.32 Å². The number of rotatable bonds is 4. The summed E-state index contributed by atoms with van der Waals surface area (Å²) in [6.45, 7) is -1.22. The molecule has 1 heterocycles. The highest BCUT2D eigenvalue weighted by Crippen LogP contribution is 2.19. The van der Waals surface area contributed by atoms with E-state index in [-0.39, 0.29) is 17.7 Å². The molecule has 0 saturated carbocycles. The predicted octanol–water partition coefficient (Wildman–Crippen LogP) is 1.47. The van der Waals surface area contributed by atoms with E-state index in [1.54, 1.807) is 0 Å². The average Bonchev–Trinajstić information content (AvgIpc) is 2.25. The molecule has 1 aromatic heterocycles. The first-order valence-electron chi connectivity index (χ1n) is 4.22. The van der Waals surface area contributed by atoms with Gasteiger partial charge >= 0.3 is 6.18 Å². The molecule has 5 nitrogen and oxygen atoms in total. The molecule has 0 amide bonds. The van der Waals surface area contributed by atoms with Gasteiger partial charge in [0, 0.05) is 0 Å². The highest BCUT2D eigenvalue weighted by molar-refractivity contribution is 5.33. The van der Waals surface area contributed by atoms with Gasteiger partial charge in [0.1, 0.15) is 6.54 Å². The molecule has 1 N–H and O–H groups in total. The smallest absolute Gasteiger partial charge is 0.405 e. The van der Waals surface area contributed by atoms with Crippen molar-refractivity contribution in [2.24, 2.45) is 0 Å². The number of anilines is 1. The van der Waals surface area contributed by atoms with Gasteiger partial charge in [-0.2, -0.15) is 23.1 Å². The Hall–Kier alpha value is -1.73. The summed E-state index contributed by atoms with van der Waals surface area (Å²) < 4.78 is 45.3. The van der Waals surface area contributed by atoms with Crippen molar-refractivity contribution in [1.82, 2.24) is 9.97 Å². The Kier molecular flexibility index (Phi) is 3.75. The van der Waals surface area contributed by atoms with Crippen LogP contribution in [0.25, 0.3) is 0 Å². The lowest BCUT2D eigenvalue weighted by atomic mass is 10.5. The van der Waals surface area contributed by atoms with Crippen LogP contribution in [0.1, 0.15) is 0 Å². The number of ether oxygens (including phenoxy) is 2. The van der Waals surface area contributed by atoms with E-state index in [0.717, 1.165) is 0 Å². The lowest BCUT2D eigenvalue weighted by Crippen LogP contribution is -2.22. The summed E-state index contributed by atoms with van der Waals surface area (Å²) in [7, 11) is 2.69. The van der Waals surface area contributed by atoms with Crippen LogP contribution in [0.4, 0.5) is 19.1 Å². The van der Waals surface area contributed by atoms with Crippen molar-refractivity contribution < 1.29 is 22.6 Å². The second kappa shape index (κ2) is 4.86. The second-order valence-corrected chi connectivity index (χ2v) is 2.75. The maximum Gasteiger partial charge on any atom is 0.405 e. The summed E-state index contributed by atoms with van der Waals surface area (Å²) in [5.74, 6) is 0.0431. The molecule has 0 saturated heterocycles. The minimum absolute atomic E-state index is 0.122. The fourth-order valence-electron chi connectivity index (χ4n) is 0.871. The van der Waals surface area contributed by atoms with Crippen molar-refractivity contribution in [1.29, 1.82) is 0 Å². The first-order chi connectivity index (χ1) is 7.44. The van der Waals surface area contributed by atoms with Gasteiger partial charge in [-0.3, -0.25) is 0 Å². The molecule has 0 aromatic carbocycles. The number of alkyl halides is 3. The number of nitrogens with one attached hydrogen (secondary N) is 1. The van der Waals surface area contributed by atoms with Gasteiger partial charge in [-0.05, 0) is 0 Å². The third-order valence-corrected chi connectivity index (χ3v) is 1.54. The molecule has 0 fully saturated rings. The van der Waals surface area contributed by atoms with Gasteiger partial charge in [0.25, 0.3) is 0 Å². The number of halogens is 3. The first kappa shape index (κ1) is 12.3. The zero-order valence-corrected chi connectivity index (χ0v) is 8.63. The van der Waals surface area contributed by atoms with E-state index in [2.05, 4.69) is 9.97 Å². The maximum atomic E-state index is 11.9. The van der Waals surface area contributed by atoms with Crippen LogP contribution in [0.5, 0.6) is 11.8 Å². The molecule has 0 atom stereocenters. The number of methoxy groups -OCH3 is 2. The Morgan fingerprint density at radius 1 is 1.19 bits per heavy atom. The van der Waals surface area contributed by atoms with Gasteiger partial charge in [-0.25, -0.2) is 0 Å². The molecule has 0 bridgehead atoms. The lowest BCUT2D eigenvalue weighted by Gasteiger charge is -2.09. The minimum atomic E-state index is -4.33. The molecule has 1 rings (SSSR count). The quantitative estimate of drug-likeness (QED) is 0.859. The number of nitrogens with zero attached hydrogens (tertiary/aromatic N) is 2. The van der Waals surface area contributed by atoms with Crippen molar-refractivity contribution in [3.8, 4) is 11.8 Å². The molecular weight excluding hydrogens is 227 g/mol. The molecular formula is C8H10F3N3O2. The van der Waals surface area contributed by atoms with Crippen LogP contribution in [-0.4, -0.2) is 36.9 Å². The predicted molar refractivity (Wildman–Crippen MR) is 49.7 cm³/mol. The van der Waals surface area contributed by atoms with Crippen LogP contribution in [0.15, 0.2) is 6.07 Å². The van der Waals surface area contributed by atoms with E-state index in [1.165, 1.54) is 20.3 Å². The van der Waals surface area contributed by atoms with Crippen molar-refractivity contribution in [2.75, 3.05) is 26.1 Å². The lowest BCUT2D eigenvalue weighted by molar-refractivity contribution is -0.115. The van der Waals surface area contributed by atoms with Gasteiger partial charge in [-0.1, -0.05) is 0 Å². The monoisotopic (exact) mass is 237 g/mol. The van der Waals surface area contributed by atoms with Crippen molar-refractivity contribution in [2.45, 2.75) is 6.18 Å². The molecule has 0 radical (unpaired) electrons. The SMILES string of the molecule is COc1cc(OC)nc(NCC(F)(F)F)n1. The summed E-state index contributed by atoms with van der Waals surface area (Å²) in [6.07, 6.45) is -4.33. The molecule has 0 spiro atoms. The summed E-state index contributed by atoms with van der Waals surface area (Å²) >= 11 is 0. The summed E-state index contributed by atoms with van der Waals surface area (Å²) in [5, 5.41) is 2.03. The second-order valence-electron chi connectivity index (χ2n) is 2.75. The minimum Gasteiger partial charge on any atom is -0.481 e. The van der Waals surface area contributed by atoms with E-state index in [4.69, 9.17) is 9.47 Å². The Morgan fingerprint density at radius 2 is 1.69 bits per heavy atom. The third kappa shape index (κ3) is 3.79. The number of hydrogen-bond donors (Lipinski definition) is 1. The largest absolute Gasteiger partial charge is 0.481 e. The normalized spacial score (nSPS) is 11.1. The summed E-state index contributed by atoms with van der Waals surface area (Å²) in [4.78, 5) is 7.36. The van der Waals surface area contributed by atoms with E-state index in [0.29, 0.717) is 0 Å². The zero-order valence-electron chi connectivity index (χ0n) is 8.63. The van der Waals surface area contributed by atoms with Crippen LogP contribution in [0.2, 0.25) is 0 Å². The maximum absolute atomic E-state index is 11.9. The van der Waals surface area contributed by atoms with E-state index >= 15 is 0 Å². The van der Waals surface area contributed by atoms with Gasteiger partial charge < -0.3 is 14.8 Å². The van der Waals surface area contributed by atoms with Crippen molar-refractivity contribution in [3.63, 3.8) is 0 Å². The highest BCUT2D eigenvalue weighted by Gasteiger charge is 2.27. The zero-order chi connectivity index (χ0) is 12.2. The molecule has 0 aliphatic rings. The Labute approximate surface area is 89.6 Å². The molecule has 0 unspecified atom stereocenters. The van der Waals surface area contributed by atoms with Gasteiger partial charge in [0.2, 0.25) is 17.7 Å². The molecule has 90 valence electrons. The average molecular weight is 237 g/mol. The number of hydrogen-bond acceptors (Lipinski definition) is 5. The third-order valence-electron chi connectivity index (χ3n) is 1.54. The summed E-state index contributed by atoms with van der Waals surface area (Å²) in [6, 6.07) is 1.36. The van der Waals surface area contributed by atoms with Crippen LogP contribution in [0.3, 0.4) is 0 Å². The van der Waals surface area contributed by atoms with Crippen molar-refractivity contribution in [3.05, 3.63) is 6.07 Å². The topological polar surface area (TPSA) is 56.3 Å². The number of aromatic nitrogens is 2. The Morgan fingerprint density at radius 3 is 2.06 bits per heavy atom. The fourth-order valence-corrected chi connectivity index (χ4v) is 0.871. The summed E-state index contributed by atoms with van der Waals surface area (Å²) in [5.41, 5.74) is 0. The van der Waals surface area contributed by atoms with Gasteiger partial charge in [0.15, 0.2) is 0 Å². The molecule has 8 heteroatoms. The Balaban J connectivity index is 2.79. The molecule has 1 aromatic rings. The Bertz CT molecular complexity index is 335. The molecule has 0 aliphatic heterocycles. The fraction of sp³-hybridized carbons (Fsp3) is 0.500. The van der Waals surface area contributed by atoms with Crippen LogP contribution >= 0.6 is 0 Å². The van der Waals surface area contributed by atoms with Gasteiger partial charge in [-0.15, -0.1) is 0 Å². The van der Waals surface area contributed by atoms with Gasteiger partial charge in [0.05, 0.1) is 20.3 Å². The van der Waals surface area contributed by atoms with Crippen LogP contribution < -0.4 is 14.8 Å². The standard InChI is InChI=1S/C8H10F3N3O2/c1-15-5-3-6(16-2)14-7(13-5)12-4-8(9,10)11/h3H,4H2,1-2H3,(H,12,13,14). The highest BCUT2D eigenvalue weighted by atomic mass is 19.4. The van der Waals surface area contributed by atoms with E-state index in [9.17, 15) is 13.2 Å². The molecule has 16 heavy (non-hydrogen) atoms. The molecule has 0 aliphatic carbocycles. The van der Waals surface area contributed by atoms with Crippen molar-refractivity contribution >= 4 is 5.95 Å². The first-order valence-corrected chi connectivity index (χ1v) is 4.22. The van der Waals surface area contributed by atoms with Crippen LogP contribution in [-0.2, 0) is 0 Å². The van der Waals surface area contributed by atoms with Crippen LogP contribution in [0, 0.1) is 0 Å². The van der Waals surface area contributed by atoms with E-state index < -0.39 is 12.7 Å².